The molecule has 0 spiro atoms. The van der Waals surface area contributed by atoms with Crippen molar-refractivity contribution in [3.05, 3.63) is 54.4 Å². The normalized spacial score (nSPS) is 10.4. The van der Waals surface area contributed by atoms with Gasteiger partial charge in [0.2, 0.25) is 0 Å². The van der Waals surface area contributed by atoms with Crippen LogP contribution < -0.4 is 5.32 Å². The Kier molecular flexibility index (Phi) is 4.42. The average Bonchev–Trinajstić information content (AvgIpc) is 3.10. The number of carbonyl (C=O) groups is 2. The number of aromatic hydroxyl groups is 1. The third-order valence-electron chi connectivity index (χ3n) is 3.35. The minimum absolute atomic E-state index is 0.271. The van der Waals surface area contributed by atoms with Crippen LogP contribution in [0.15, 0.2) is 53.2 Å². The Morgan fingerprint density at radius 1 is 1.12 bits per heavy atom. The summed E-state index contributed by atoms with van der Waals surface area (Å²) < 4.78 is 5.26. The van der Waals surface area contributed by atoms with Crippen LogP contribution in [0.2, 0.25) is 0 Å². The maximum Gasteiger partial charge on any atom is 0.322 e. The van der Waals surface area contributed by atoms with Crippen molar-refractivity contribution in [3.63, 3.8) is 0 Å². The number of pyridine rings is 1. The summed E-state index contributed by atoms with van der Waals surface area (Å²) in [7, 11) is 0. The second kappa shape index (κ2) is 6.83. The van der Waals surface area contributed by atoms with E-state index >= 15 is 0 Å². The molecule has 0 aliphatic carbocycles. The molecule has 0 atom stereocenters. The van der Waals surface area contributed by atoms with E-state index in [-0.39, 0.29) is 5.69 Å². The number of nitrogens with one attached hydrogen (secondary N) is 1. The summed E-state index contributed by atoms with van der Waals surface area (Å²) in [4.78, 5) is 26.1. The zero-order valence-corrected chi connectivity index (χ0v) is 12.8. The first-order valence-corrected chi connectivity index (χ1v) is 7.26. The predicted octanol–water partition coefficient (Wildman–Crippen LogP) is 1.92. The van der Waals surface area contributed by atoms with Crippen LogP contribution in [0.5, 0.6) is 5.75 Å². The molecule has 0 saturated heterocycles. The second-order valence-electron chi connectivity index (χ2n) is 5.11. The predicted molar refractivity (Wildman–Crippen MR) is 86.8 cm³/mol. The number of hydrogen-bond donors (Lipinski definition) is 3. The van der Waals surface area contributed by atoms with Gasteiger partial charge in [0.15, 0.2) is 11.5 Å². The zero-order valence-electron chi connectivity index (χ0n) is 12.8. The van der Waals surface area contributed by atoms with Crippen molar-refractivity contribution in [1.29, 1.82) is 0 Å². The largest absolute Gasteiger partial charge is 0.505 e. The van der Waals surface area contributed by atoms with Crippen LogP contribution in [-0.2, 0) is 4.79 Å². The van der Waals surface area contributed by atoms with Gasteiger partial charge in [0.05, 0.1) is 0 Å². The van der Waals surface area contributed by atoms with E-state index in [1.807, 2.05) is 30.3 Å². The van der Waals surface area contributed by atoms with Gasteiger partial charge in [-0.05, 0) is 6.07 Å². The molecule has 0 radical (unpaired) electrons. The van der Waals surface area contributed by atoms with E-state index in [9.17, 15) is 14.7 Å². The van der Waals surface area contributed by atoms with Crippen molar-refractivity contribution in [2.75, 3.05) is 6.54 Å². The van der Waals surface area contributed by atoms with Gasteiger partial charge in [-0.1, -0.05) is 35.5 Å². The Balaban J connectivity index is 1.83. The molecular formula is C17H13N3O5. The Hall–Kier alpha value is -3.68. The Labute approximate surface area is 141 Å². The van der Waals surface area contributed by atoms with Crippen molar-refractivity contribution in [2.45, 2.75) is 0 Å². The summed E-state index contributed by atoms with van der Waals surface area (Å²) >= 11 is 0. The highest BCUT2D eigenvalue weighted by molar-refractivity contribution is 5.96. The van der Waals surface area contributed by atoms with Crippen molar-refractivity contribution < 1.29 is 24.3 Å². The minimum atomic E-state index is -1.19. The van der Waals surface area contributed by atoms with E-state index in [1.54, 1.807) is 6.07 Å². The molecule has 8 heteroatoms. The van der Waals surface area contributed by atoms with Crippen molar-refractivity contribution in [1.82, 2.24) is 15.5 Å². The summed E-state index contributed by atoms with van der Waals surface area (Å²) in [6.07, 6.45) is 1.34. The molecule has 0 unspecified atom stereocenters. The number of carboxylic acids is 1. The van der Waals surface area contributed by atoms with E-state index in [4.69, 9.17) is 9.63 Å². The highest BCUT2D eigenvalue weighted by Gasteiger charge is 2.16. The van der Waals surface area contributed by atoms with Gasteiger partial charge in [-0.15, -0.1) is 0 Å². The number of hydrogen-bond acceptors (Lipinski definition) is 6. The fourth-order valence-electron chi connectivity index (χ4n) is 2.16. The molecule has 1 amide bonds. The molecule has 1 aromatic carbocycles. The molecule has 2 heterocycles. The van der Waals surface area contributed by atoms with Crippen molar-refractivity contribution >= 4 is 11.9 Å². The topological polar surface area (TPSA) is 126 Å². The van der Waals surface area contributed by atoms with Crippen LogP contribution in [0.4, 0.5) is 0 Å². The quantitative estimate of drug-likeness (QED) is 0.648. The molecular weight excluding hydrogens is 326 g/mol. The standard InChI is InChI=1S/C17H13N3O5/c21-13-6-11(8-18-16(13)17(24)19-9-15(22)23)14-7-12(20-25-14)10-4-2-1-3-5-10/h1-8,21H,9H2,(H,19,24)(H,22,23). The van der Waals surface area contributed by atoms with Gasteiger partial charge < -0.3 is 20.1 Å². The van der Waals surface area contributed by atoms with E-state index in [0.29, 0.717) is 17.0 Å². The number of amides is 1. The van der Waals surface area contributed by atoms with Crippen molar-refractivity contribution in [3.8, 4) is 28.3 Å². The highest BCUT2D eigenvalue weighted by Crippen LogP contribution is 2.28. The first-order valence-electron chi connectivity index (χ1n) is 7.26. The summed E-state index contributed by atoms with van der Waals surface area (Å²) in [5.74, 6) is -1.99. The molecule has 0 saturated carbocycles. The number of aliphatic carboxylic acids is 1. The summed E-state index contributed by atoms with van der Waals surface area (Å²) in [5.41, 5.74) is 1.66. The lowest BCUT2D eigenvalue weighted by atomic mass is 10.1. The Morgan fingerprint density at radius 2 is 1.88 bits per heavy atom. The van der Waals surface area contributed by atoms with Crippen LogP contribution in [-0.4, -0.2) is 38.8 Å². The number of rotatable bonds is 5. The lowest BCUT2D eigenvalue weighted by Crippen LogP contribution is -2.29. The van der Waals surface area contributed by atoms with Crippen LogP contribution in [0, 0.1) is 0 Å². The van der Waals surface area contributed by atoms with Gasteiger partial charge in [0, 0.05) is 23.4 Å². The number of carbonyl (C=O) groups excluding carboxylic acids is 1. The lowest BCUT2D eigenvalue weighted by molar-refractivity contribution is -0.135. The fraction of sp³-hybridized carbons (Fsp3) is 0.0588. The van der Waals surface area contributed by atoms with Crippen molar-refractivity contribution in [2.24, 2.45) is 0 Å². The van der Waals surface area contributed by atoms with Crippen LogP contribution >= 0.6 is 0 Å². The van der Waals surface area contributed by atoms with E-state index in [0.717, 1.165) is 5.56 Å². The summed E-state index contributed by atoms with van der Waals surface area (Å²) in [6, 6.07) is 12.4. The van der Waals surface area contributed by atoms with Gasteiger partial charge in [-0.2, -0.15) is 0 Å². The molecule has 3 N–H and O–H groups in total. The lowest BCUT2D eigenvalue weighted by Gasteiger charge is -2.05. The molecule has 0 aliphatic heterocycles. The second-order valence-corrected chi connectivity index (χ2v) is 5.11. The van der Waals surface area contributed by atoms with E-state index in [2.05, 4.69) is 15.5 Å². The SMILES string of the molecule is O=C(O)CNC(=O)c1ncc(-c2cc(-c3ccccc3)no2)cc1O. The number of carboxylic acid groups (broad SMARTS) is 1. The van der Waals surface area contributed by atoms with Gasteiger partial charge in [-0.3, -0.25) is 9.59 Å². The summed E-state index contributed by atoms with van der Waals surface area (Å²) in [5, 5.41) is 24.6. The number of aromatic nitrogens is 2. The maximum absolute atomic E-state index is 11.8. The van der Waals surface area contributed by atoms with Gasteiger partial charge in [-0.25, -0.2) is 4.98 Å². The third-order valence-corrected chi connectivity index (χ3v) is 3.35. The van der Waals surface area contributed by atoms with Gasteiger partial charge >= 0.3 is 5.97 Å². The highest BCUT2D eigenvalue weighted by atomic mass is 16.5. The first-order chi connectivity index (χ1) is 12.0. The van der Waals surface area contributed by atoms with Crippen LogP contribution in [0.1, 0.15) is 10.5 Å². The Bertz CT molecular complexity index is 921. The molecule has 0 bridgehead atoms. The molecule has 25 heavy (non-hydrogen) atoms. The first kappa shape index (κ1) is 16.2. The third kappa shape index (κ3) is 3.63. The molecule has 3 rings (SSSR count). The number of nitrogens with zero attached hydrogens (tertiary/aromatic N) is 2. The van der Waals surface area contributed by atoms with Crippen LogP contribution in [0.25, 0.3) is 22.6 Å². The summed E-state index contributed by atoms with van der Waals surface area (Å²) in [6.45, 7) is -0.565. The molecule has 2 aromatic heterocycles. The monoisotopic (exact) mass is 339 g/mol. The van der Waals surface area contributed by atoms with E-state index in [1.165, 1.54) is 12.3 Å². The Morgan fingerprint density at radius 3 is 2.56 bits per heavy atom. The number of benzene rings is 1. The maximum atomic E-state index is 11.8. The molecule has 0 fully saturated rings. The van der Waals surface area contributed by atoms with Gasteiger partial charge in [0.25, 0.3) is 5.91 Å². The fourth-order valence-corrected chi connectivity index (χ4v) is 2.16. The average molecular weight is 339 g/mol. The van der Waals surface area contributed by atoms with Crippen LogP contribution in [0.3, 0.4) is 0 Å². The minimum Gasteiger partial charge on any atom is -0.505 e. The molecule has 126 valence electrons. The molecule has 8 nitrogen and oxygen atoms in total. The molecule has 0 aliphatic rings. The van der Waals surface area contributed by atoms with E-state index < -0.39 is 24.2 Å². The molecule has 3 aromatic rings. The smallest absolute Gasteiger partial charge is 0.322 e. The van der Waals surface area contributed by atoms with Gasteiger partial charge in [0.1, 0.15) is 18.0 Å². The zero-order chi connectivity index (χ0) is 17.8.